The number of rotatable bonds is 2. The van der Waals surface area contributed by atoms with Crippen molar-refractivity contribution in [1.82, 2.24) is 14.8 Å². The van der Waals surface area contributed by atoms with Crippen LogP contribution >= 0.6 is 0 Å². The van der Waals surface area contributed by atoms with Crippen LogP contribution in [0.2, 0.25) is 0 Å². The maximum absolute atomic E-state index is 4.88. The quantitative estimate of drug-likeness (QED) is 0.532. The normalized spacial score (nSPS) is 11.7. The smallest absolute Gasteiger partial charge is 0.163 e. The van der Waals surface area contributed by atoms with E-state index in [1.54, 1.807) is 11.0 Å². The molecular weight excluding hydrogens is 272 g/mol. The summed E-state index contributed by atoms with van der Waals surface area (Å²) in [5.41, 5.74) is 5.50. The molecule has 0 atom stereocenters. The molecular formula is C18H18N4. The lowest BCUT2D eigenvalue weighted by Gasteiger charge is -2.10. The summed E-state index contributed by atoms with van der Waals surface area (Å²) in [4.78, 5) is 8.92. The van der Waals surface area contributed by atoms with E-state index < -0.39 is 0 Å². The minimum absolute atomic E-state index is 0.773. The van der Waals surface area contributed by atoms with Gasteiger partial charge < -0.3 is 0 Å². The molecule has 0 aliphatic rings. The van der Waals surface area contributed by atoms with Gasteiger partial charge in [0.15, 0.2) is 5.84 Å². The van der Waals surface area contributed by atoms with E-state index in [9.17, 15) is 0 Å². The molecule has 0 saturated carbocycles. The van der Waals surface area contributed by atoms with Crippen LogP contribution in [0, 0.1) is 20.8 Å². The molecule has 3 rings (SSSR count). The molecule has 3 aromatic rings. The molecule has 0 fully saturated rings. The fourth-order valence-corrected chi connectivity index (χ4v) is 2.36. The standard InChI is InChI=1S/C18H18N4/c1-13-7-9-16(10-8-13)18(22-12-19-11-20-22)21-17-14(2)5-4-6-15(17)3/h4-12H,1-3H3. The molecule has 0 bridgehead atoms. The zero-order valence-corrected chi connectivity index (χ0v) is 13.0. The van der Waals surface area contributed by atoms with E-state index in [1.165, 1.54) is 11.9 Å². The van der Waals surface area contributed by atoms with Crippen LogP contribution in [0.4, 0.5) is 5.69 Å². The number of para-hydroxylation sites is 1. The average Bonchev–Trinajstić information content (AvgIpc) is 3.02. The Labute approximate surface area is 130 Å². The molecule has 0 N–H and O–H groups in total. The summed E-state index contributed by atoms with van der Waals surface area (Å²) in [5.74, 6) is 0.773. The lowest BCUT2D eigenvalue weighted by Crippen LogP contribution is -2.14. The second kappa shape index (κ2) is 5.93. The second-order valence-electron chi connectivity index (χ2n) is 5.38. The minimum Gasteiger partial charge on any atom is -0.228 e. The van der Waals surface area contributed by atoms with Gasteiger partial charge in [-0.3, -0.25) is 0 Å². The van der Waals surface area contributed by atoms with Crippen molar-refractivity contribution in [3.8, 4) is 0 Å². The molecule has 1 aromatic heterocycles. The predicted molar refractivity (Wildman–Crippen MR) is 88.7 cm³/mol. The molecule has 22 heavy (non-hydrogen) atoms. The van der Waals surface area contributed by atoms with E-state index in [0.717, 1.165) is 28.2 Å². The monoisotopic (exact) mass is 290 g/mol. The summed E-state index contributed by atoms with van der Waals surface area (Å²) in [7, 11) is 0. The molecule has 1 heterocycles. The molecule has 0 aliphatic carbocycles. The van der Waals surface area contributed by atoms with Gasteiger partial charge in [-0.15, -0.1) is 0 Å². The van der Waals surface area contributed by atoms with Gasteiger partial charge >= 0.3 is 0 Å². The van der Waals surface area contributed by atoms with E-state index in [4.69, 9.17) is 4.99 Å². The third-order valence-electron chi connectivity index (χ3n) is 3.60. The molecule has 0 saturated heterocycles. The Bertz CT molecular complexity index is 779. The maximum atomic E-state index is 4.88. The van der Waals surface area contributed by atoms with Crippen molar-refractivity contribution in [3.05, 3.63) is 77.4 Å². The van der Waals surface area contributed by atoms with Crippen molar-refractivity contribution in [1.29, 1.82) is 0 Å². The van der Waals surface area contributed by atoms with Crippen LogP contribution in [-0.2, 0) is 0 Å². The van der Waals surface area contributed by atoms with Crippen LogP contribution in [0.1, 0.15) is 22.3 Å². The number of benzene rings is 2. The number of nitrogens with zero attached hydrogens (tertiary/aromatic N) is 4. The van der Waals surface area contributed by atoms with E-state index >= 15 is 0 Å². The highest BCUT2D eigenvalue weighted by atomic mass is 15.3. The van der Waals surface area contributed by atoms with Crippen LogP contribution in [0.25, 0.3) is 0 Å². The van der Waals surface area contributed by atoms with E-state index in [0.29, 0.717) is 0 Å². The molecule has 0 amide bonds. The number of aromatic nitrogens is 3. The summed E-state index contributed by atoms with van der Waals surface area (Å²) < 4.78 is 1.70. The van der Waals surface area contributed by atoms with Gasteiger partial charge in [0, 0.05) is 5.56 Å². The Morgan fingerprint density at radius 3 is 2.23 bits per heavy atom. The van der Waals surface area contributed by atoms with Gasteiger partial charge in [-0.2, -0.15) is 5.10 Å². The second-order valence-corrected chi connectivity index (χ2v) is 5.38. The molecule has 0 unspecified atom stereocenters. The van der Waals surface area contributed by atoms with Gasteiger partial charge in [-0.25, -0.2) is 14.7 Å². The van der Waals surface area contributed by atoms with Gasteiger partial charge in [-0.05, 0) is 31.9 Å². The highest BCUT2D eigenvalue weighted by Gasteiger charge is 2.09. The molecule has 110 valence electrons. The van der Waals surface area contributed by atoms with Crippen molar-refractivity contribution < 1.29 is 0 Å². The number of hydrogen-bond acceptors (Lipinski definition) is 3. The first-order valence-corrected chi connectivity index (χ1v) is 7.22. The molecule has 4 nitrogen and oxygen atoms in total. The Kier molecular flexibility index (Phi) is 3.83. The highest BCUT2D eigenvalue weighted by Crippen LogP contribution is 2.24. The molecule has 4 heteroatoms. The molecule has 0 aliphatic heterocycles. The molecule has 2 aromatic carbocycles. The SMILES string of the molecule is Cc1ccc(C(=Nc2c(C)cccc2C)n2cncn2)cc1. The van der Waals surface area contributed by atoms with Crippen LogP contribution in [0.3, 0.4) is 0 Å². The van der Waals surface area contributed by atoms with Crippen molar-refractivity contribution >= 4 is 11.5 Å². The summed E-state index contributed by atoms with van der Waals surface area (Å²) >= 11 is 0. The Hall–Kier alpha value is -2.75. The van der Waals surface area contributed by atoms with Crippen LogP contribution in [0.15, 0.2) is 60.1 Å². The largest absolute Gasteiger partial charge is 0.228 e. The Morgan fingerprint density at radius 1 is 0.955 bits per heavy atom. The first-order chi connectivity index (χ1) is 10.6. The topological polar surface area (TPSA) is 43.1 Å². The molecule has 0 spiro atoms. The highest BCUT2D eigenvalue weighted by molar-refractivity contribution is 6.01. The molecule has 0 radical (unpaired) electrons. The fraction of sp³-hybridized carbons (Fsp3) is 0.167. The first-order valence-electron chi connectivity index (χ1n) is 7.22. The van der Waals surface area contributed by atoms with Gasteiger partial charge in [0.2, 0.25) is 0 Å². The summed E-state index contributed by atoms with van der Waals surface area (Å²) in [6.07, 6.45) is 3.20. The summed E-state index contributed by atoms with van der Waals surface area (Å²) in [6.45, 7) is 6.21. The van der Waals surface area contributed by atoms with Crippen molar-refractivity contribution in [2.45, 2.75) is 20.8 Å². The maximum Gasteiger partial charge on any atom is 0.163 e. The fourth-order valence-electron chi connectivity index (χ4n) is 2.36. The minimum atomic E-state index is 0.773. The Morgan fingerprint density at radius 2 is 1.64 bits per heavy atom. The lowest BCUT2D eigenvalue weighted by atomic mass is 10.1. The first kappa shape index (κ1) is 14.2. The van der Waals surface area contributed by atoms with Crippen LogP contribution in [0.5, 0.6) is 0 Å². The van der Waals surface area contributed by atoms with Gasteiger partial charge in [0.05, 0.1) is 5.69 Å². The van der Waals surface area contributed by atoms with E-state index in [1.807, 2.05) is 6.07 Å². The zero-order chi connectivity index (χ0) is 15.5. The number of aliphatic imine (C=N–C) groups is 1. The third kappa shape index (κ3) is 2.81. The number of hydrogen-bond donors (Lipinski definition) is 0. The van der Waals surface area contributed by atoms with E-state index in [-0.39, 0.29) is 0 Å². The summed E-state index contributed by atoms with van der Waals surface area (Å²) in [5, 5.41) is 4.25. The van der Waals surface area contributed by atoms with Crippen molar-refractivity contribution in [2.24, 2.45) is 4.99 Å². The van der Waals surface area contributed by atoms with Gasteiger partial charge in [0.25, 0.3) is 0 Å². The van der Waals surface area contributed by atoms with Crippen molar-refractivity contribution in [3.63, 3.8) is 0 Å². The summed E-state index contributed by atoms with van der Waals surface area (Å²) in [6, 6.07) is 14.5. The number of aryl methyl sites for hydroxylation is 3. The van der Waals surface area contributed by atoms with Gasteiger partial charge in [-0.1, -0.05) is 48.0 Å². The van der Waals surface area contributed by atoms with E-state index in [2.05, 4.69) is 67.3 Å². The zero-order valence-electron chi connectivity index (χ0n) is 13.0. The Balaban J connectivity index is 2.18. The average molecular weight is 290 g/mol. The third-order valence-corrected chi connectivity index (χ3v) is 3.60. The van der Waals surface area contributed by atoms with Crippen LogP contribution in [-0.4, -0.2) is 20.6 Å². The van der Waals surface area contributed by atoms with Crippen molar-refractivity contribution in [2.75, 3.05) is 0 Å². The van der Waals surface area contributed by atoms with Gasteiger partial charge in [0.1, 0.15) is 12.7 Å². The van der Waals surface area contributed by atoms with Crippen LogP contribution < -0.4 is 0 Å². The predicted octanol–water partition coefficient (Wildman–Crippen LogP) is 3.83. The lowest BCUT2D eigenvalue weighted by molar-refractivity contribution is 0.931.